The van der Waals surface area contributed by atoms with E-state index >= 15 is 0 Å². The average molecular weight is 479 g/mol. The maximum absolute atomic E-state index is 12.6. The lowest BCUT2D eigenvalue weighted by atomic mass is 10.2. The van der Waals surface area contributed by atoms with Gasteiger partial charge in [-0.3, -0.25) is 4.79 Å². The number of halogens is 1. The molecule has 0 saturated carbocycles. The van der Waals surface area contributed by atoms with Gasteiger partial charge in [0.1, 0.15) is 16.4 Å². The van der Waals surface area contributed by atoms with Crippen LogP contribution in [-0.2, 0) is 4.79 Å². The van der Waals surface area contributed by atoms with Gasteiger partial charge in [-0.05, 0) is 42.3 Å². The highest BCUT2D eigenvalue weighted by Gasteiger charge is 2.19. The molecule has 6 nitrogen and oxygen atoms in total. The predicted octanol–water partition coefficient (Wildman–Crippen LogP) is 5.61. The van der Waals surface area contributed by atoms with Crippen molar-refractivity contribution in [2.24, 2.45) is 5.10 Å². The number of amides is 1. The monoisotopic (exact) mass is 478 g/mol. The van der Waals surface area contributed by atoms with Crippen LogP contribution >= 0.6 is 22.9 Å². The number of nitrogens with one attached hydrogen (secondary N) is 1. The summed E-state index contributed by atoms with van der Waals surface area (Å²) in [5, 5.41) is 5.14. The molecule has 4 rings (SSSR count). The van der Waals surface area contributed by atoms with Gasteiger partial charge in [-0.15, -0.1) is 11.3 Å². The molecule has 1 amide bonds. The fourth-order valence-corrected chi connectivity index (χ4v) is 4.41. The summed E-state index contributed by atoms with van der Waals surface area (Å²) in [6, 6.07) is 21.7. The van der Waals surface area contributed by atoms with Crippen molar-refractivity contribution >= 4 is 51.1 Å². The van der Waals surface area contributed by atoms with Gasteiger partial charge in [-0.25, -0.2) is 10.2 Å². The topological polar surface area (TPSA) is 77.0 Å². The van der Waals surface area contributed by atoms with Crippen LogP contribution in [0.3, 0.4) is 0 Å². The van der Waals surface area contributed by atoms with Gasteiger partial charge >= 0.3 is 5.97 Å². The molecule has 33 heavy (non-hydrogen) atoms. The van der Waals surface area contributed by atoms with Gasteiger partial charge in [-0.2, -0.15) is 5.10 Å². The average Bonchev–Trinajstić information content (AvgIpc) is 3.16. The van der Waals surface area contributed by atoms with Gasteiger partial charge in [-0.1, -0.05) is 60.1 Å². The van der Waals surface area contributed by atoms with Crippen molar-refractivity contribution in [3.05, 3.63) is 93.8 Å². The highest BCUT2D eigenvalue weighted by Crippen LogP contribution is 2.35. The minimum absolute atomic E-state index is 0.157. The molecule has 0 saturated heterocycles. The number of hydrazone groups is 1. The molecule has 1 aromatic heterocycles. The summed E-state index contributed by atoms with van der Waals surface area (Å²) in [6.45, 7) is 1.75. The molecular weight excluding hydrogens is 460 g/mol. The maximum Gasteiger partial charge on any atom is 0.355 e. The van der Waals surface area contributed by atoms with E-state index in [-0.39, 0.29) is 6.61 Å². The smallest absolute Gasteiger partial charge is 0.355 e. The van der Waals surface area contributed by atoms with Crippen LogP contribution in [0.4, 0.5) is 0 Å². The molecule has 0 aliphatic carbocycles. The third kappa shape index (κ3) is 5.58. The number of thiophene rings is 1. The Balaban J connectivity index is 1.35. The van der Waals surface area contributed by atoms with Crippen LogP contribution in [0.2, 0.25) is 5.02 Å². The zero-order valence-corrected chi connectivity index (χ0v) is 19.2. The van der Waals surface area contributed by atoms with Crippen molar-refractivity contribution in [2.75, 3.05) is 6.61 Å². The van der Waals surface area contributed by atoms with Crippen molar-refractivity contribution in [3.63, 3.8) is 0 Å². The molecule has 166 valence electrons. The first-order valence-electron chi connectivity index (χ1n) is 10.0. The Bertz CT molecular complexity index is 1350. The number of benzene rings is 3. The highest BCUT2D eigenvalue weighted by atomic mass is 35.5. The van der Waals surface area contributed by atoms with E-state index in [0.29, 0.717) is 27.0 Å². The third-order valence-corrected chi connectivity index (χ3v) is 6.30. The minimum Gasteiger partial charge on any atom is -0.483 e. The first-order valence-corrected chi connectivity index (χ1v) is 11.2. The Morgan fingerprint density at radius 3 is 2.67 bits per heavy atom. The van der Waals surface area contributed by atoms with Crippen molar-refractivity contribution < 1.29 is 19.1 Å². The fourth-order valence-electron chi connectivity index (χ4n) is 3.03. The summed E-state index contributed by atoms with van der Waals surface area (Å²) >= 11 is 7.64. The SMILES string of the molecule is Cc1ccccc1OCC(=O)N/N=C/c1cccc(OC(=O)c2sc3ccccc3c2Cl)c1. The number of fused-ring (bicyclic) bond motifs is 1. The third-order valence-electron chi connectivity index (χ3n) is 4.64. The summed E-state index contributed by atoms with van der Waals surface area (Å²) in [5.41, 5.74) is 3.99. The van der Waals surface area contributed by atoms with Crippen LogP contribution in [0.25, 0.3) is 10.1 Å². The van der Waals surface area contributed by atoms with Gasteiger partial charge in [0.2, 0.25) is 0 Å². The minimum atomic E-state index is -0.531. The molecular formula is C25H19ClN2O4S. The summed E-state index contributed by atoms with van der Waals surface area (Å²) in [4.78, 5) is 24.9. The van der Waals surface area contributed by atoms with Crippen LogP contribution in [0, 0.1) is 6.92 Å². The molecule has 3 aromatic carbocycles. The number of aryl methyl sites for hydroxylation is 1. The van der Waals surface area contributed by atoms with E-state index in [1.54, 1.807) is 30.3 Å². The number of ether oxygens (including phenoxy) is 2. The summed E-state index contributed by atoms with van der Waals surface area (Å²) < 4.78 is 11.9. The second kappa shape index (κ2) is 10.3. The summed E-state index contributed by atoms with van der Waals surface area (Å²) in [5.74, 6) is 0.0602. The predicted molar refractivity (Wildman–Crippen MR) is 131 cm³/mol. The molecule has 0 atom stereocenters. The molecule has 4 aromatic rings. The van der Waals surface area contributed by atoms with E-state index in [0.717, 1.165) is 15.6 Å². The molecule has 0 spiro atoms. The Hall–Kier alpha value is -3.68. The van der Waals surface area contributed by atoms with Crippen LogP contribution in [0.15, 0.2) is 77.9 Å². The number of esters is 1. The molecule has 0 radical (unpaired) electrons. The van der Waals surface area contributed by atoms with E-state index in [1.165, 1.54) is 17.6 Å². The Morgan fingerprint density at radius 2 is 1.85 bits per heavy atom. The lowest BCUT2D eigenvalue weighted by Crippen LogP contribution is -2.24. The van der Waals surface area contributed by atoms with Gasteiger partial charge in [0, 0.05) is 10.1 Å². The van der Waals surface area contributed by atoms with Gasteiger partial charge < -0.3 is 9.47 Å². The van der Waals surface area contributed by atoms with Gasteiger partial charge in [0.25, 0.3) is 5.91 Å². The van der Waals surface area contributed by atoms with Crippen LogP contribution in [0.1, 0.15) is 20.8 Å². The molecule has 0 bridgehead atoms. The number of hydrogen-bond acceptors (Lipinski definition) is 6. The van der Waals surface area contributed by atoms with E-state index in [1.807, 2.05) is 49.4 Å². The quantitative estimate of drug-likeness (QED) is 0.162. The van der Waals surface area contributed by atoms with Gasteiger partial charge in [0.05, 0.1) is 11.2 Å². The van der Waals surface area contributed by atoms with Crippen molar-refractivity contribution in [2.45, 2.75) is 6.92 Å². The second-order valence-electron chi connectivity index (χ2n) is 7.05. The van der Waals surface area contributed by atoms with E-state index < -0.39 is 11.9 Å². The highest BCUT2D eigenvalue weighted by molar-refractivity contribution is 7.21. The Kier molecular flexibility index (Phi) is 7.02. The van der Waals surface area contributed by atoms with Crippen molar-refractivity contribution in [3.8, 4) is 11.5 Å². The number of hydrogen-bond donors (Lipinski definition) is 1. The summed E-state index contributed by atoms with van der Waals surface area (Å²) in [7, 11) is 0. The number of para-hydroxylation sites is 1. The molecule has 1 heterocycles. The zero-order chi connectivity index (χ0) is 23.2. The lowest BCUT2D eigenvalue weighted by Gasteiger charge is -2.07. The molecule has 0 aliphatic heterocycles. The molecule has 1 N–H and O–H groups in total. The fraction of sp³-hybridized carbons (Fsp3) is 0.0800. The van der Waals surface area contributed by atoms with Crippen LogP contribution < -0.4 is 14.9 Å². The number of carbonyl (C=O) groups is 2. The molecule has 0 aliphatic rings. The standard InChI is InChI=1S/C25H19ClN2O4S/c1-16-7-2-4-11-20(16)31-15-22(29)28-27-14-17-8-6-9-18(13-17)32-25(30)24-23(26)19-10-3-5-12-21(19)33-24/h2-14H,15H2,1H3,(H,28,29)/b27-14+. The Morgan fingerprint density at radius 1 is 1.06 bits per heavy atom. The van der Waals surface area contributed by atoms with Gasteiger partial charge in [0.15, 0.2) is 6.61 Å². The number of carbonyl (C=O) groups excluding carboxylic acids is 2. The maximum atomic E-state index is 12.6. The van der Waals surface area contributed by atoms with Crippen LogP contribution in [0.5, 0.6) is 11.5 Å². The van der Waals surface area contributed by atoms with Crippen molar-refractivity contribution in [1.29, 1.82) is 0 Å². The first-order chi connectivity index (χ1) is 16.0. The second-order valence-corrected chi connectivity index (χ2v) is 8.48. The lowest BCUT2D eigenvalue weighted by molar-refractivity contribution is -0.123. The van der Waals surface area contributed by atoms with E-state index in [4.69, 9.17) is 21.1 Å². The normalized spacial score (nSPS) is 11.0. The summed E-state index contributed by atoms with van der Waals surface area (Å²) in [6.07, 6.45) is 1.45. The first kappa shape index (κ1) is 22.5. The Labute approximate surface area is 199 Å². The molecule has 0 fully saturated rings. The largest absolute Gasteiger partial charge is 0.483 e. The number of nitrogens with zero attached hydrogens (tertiary/aromatic N) is 1. The van der Waals surface area contributed by atoms with Crippen molar-refractivity contribution in [1.82, 2.24) is 5.43 Å². The zero-order valence-electron chi connectivity index (χ0n) is 17.6. The number of rotatable bonds is 7. The molecule has 0 unspecified atom stereocenters. The van der Waals surface area contributed by atoms with Crippen LogP contribution in [-0.4, -0.2) is 24.7 Å². The van der Waals surface area contributed by atoms with E-state index in [9.17, 15) is 9.59 Å². The van der Waals surface area contributed by atoms with E-state index in [2.05, 4.69) is 10.5 Å². The molecule has 8 heteroatoms.